The maximum atomic E-state index is 14.3. The Balaban J connectivity index is 1.51. The average molecular weight is 535 g/mol. The molecule has 0 bridgehead atoms. The number of benzene rings is 1. The molecule has 1 saturated heterocycles. The molecule has 2 unspecified atom stereocenters. The highest BCUT2D eigenvalue weighted by atomic mass is 19.2. The van der Waals surface area contributed by atoms with Gasteiger partial charge in [-0.05, 0) is 31.6 Å². The van der Waals surface area contributed by atoms with Crippen LogP contribution in [0.5, 0.6) is 0 Å². The van der Waals surface area contributed by atoms with E-state index < -0.39 is 41.2 Å². The first-order valence-electron chi connectivity index (χ1n) is 12.8. The number of carbonyl (C=O) groups excluding carboxylic acids is 3. The second-order valence-electron chi connectivity index (χ2n) is 9.98. The Bertz CT molecular complexity index is 1150. The molecule has 0 saturated carbocycles. The van der Waals surface area contributed by atoms with Crippen molar-refractivity contribution in [2.24, 2.45) is 5.92 Å². The number of rotatable bonds is 8. The number of amides is 1. The molecule has 8 nitrogen and oxygen atoms in total. The van der Waals surface area contributed by atoms with Crippen LogP contribution in [0.15, 0.2) is 36.2 Å². The number of nitrogens with zero attached hydrogens (tertiary/aromatic N) is 3. The zero-order valence-corrected chi connectivity index (χ0v) is 21.6. The summed E-state index contributed by atoms with van der Waals surface area (Å²) in [4.78, 5) is 44.4. The van der Waals surface area contributed by atoms with Gasteiger partial charge in [-0.1, -0.05) is 13.0 Å². The second-order valence-corrected chi connectivity index (χ2v) is 9.98. The molecular weight excluding hydrogens is 501 g/mol. The largest absolute Gasteiger partial charge is 0.379 e. The topological polar surface area (TPSA) is 82.2 Å². The van der Waals surface area contributed by atoms with E-state index in [1.165, 1.54) is 11.0 Å². The minimum Gasteiger partial charge on any atom is -0.379 e. The molecule has 1 N–H and O–H groups in total. The normalized spacial score (nSPS) is 24.8. The number of hydrogen-bond acceptors (Lipinski definition) is 7. The maximum Gasteiger partial charge on any atom is 0.232 e. The number of Topliss-reactive ketones (excluding diaryl/α,β-unsaturated/α-hetero) is 1. The molecule has 0 spiro atoms. The zero-order valence-electron chi connectivity index (χ0n) is 21.6. The lowest BCUT2D eigenvalue weighted by Gasteiger charge is -2.43. The molecule has 3 aliphatic rings. The quantitative estimate of drug-likeness (QED) is 0.404. The number of ketones is 2. The summed E-state index contributed by atoms with van der Waals surface area (Å²) in [5.41, 5.74) is -1.57. The maximum absolute atomic E-state index is 14.3. The highest BCUT2D eigenvalue weighted by Gasteiger charge is 2.48. The molecule has 11 heteroatoms. The highest BCUT2D eigenvalue weighted by Crippen LogP contribution is 2.28. The van der Waals surface area contributed by atoms with Gasteiger partial charge in [0.05, 0.1) is 26.3 Å². The van der Waals surface area contributed by atoms with Gasteiger partial charge in [0.25, 0.3) is 0 Å². The molecule has 2 atom stereocenters. The number of morpholine rings is 1. The van der Waals surface area contributed by atoms with Crippen molar-refractivity contribution in [3.63, 3.8) is 0 Å². The fourth-order valence-corrected chi connectivity index (χ4v) is 5.03. The van der Waals surface area contributed by atoms with Gasteiger partial charge in [-0.2, -0.15) is 0 Å². The van der Waals surface area contributed by atoms with Gasteiger partial charge in [0.2, 0.25) is 5.91 Å². The van der Waals surface area contributed by atoms with Gasteiger partial charge in [-0.3, -0.25) is 29.1 Å². The van der Waals surface area contributed by atoms with Crippen LogP contribution in [-0.2, 0) is 25.5 Å². The van der Waals surface area contributed by atoms with Gasteiger partial charge in [0.1, 0.15) is 17.2 Å². The highest BCUT2D eigenvalue weighted by molar-refractivity contribution is 6.18. The lowest BCUT2D eigenvalue weighted by molar-refractivity contribution is -0.143. The van der Waals surface area contributed by atoms with Crippen LogP contribution in [0, 0.1) is 23.4 Å². The van der Waals surface area contributed by atoms with Crippen molar-refractivity contribution < 1.29 is 32.3 Å². The van der Waals surface area contributed by atoms with Crippen molar-refractivity contribution in [2.75, 3.05) is 52.6 Å². The molecular formula is C27H33F3N4O4. The van der Waals surface area contributed by atoms with Crippen molar-refractivity contribution in [3.05, 3.63) is 59.2 Å². The van der Waals surface area contributed by atoms with Crippen molar-refractivity contribution in [1.29, 1.82) is 0 Å². The van der Waals surface area contributed by atoms with Crippen molar-refractivity contribution in [3.8, 4) is 0 Å². The molecule has 1 amide bonds. The Morgan fingerprint density at radius 1 is 1.16 bits per heavy atom. The molecule has 206 valence electrons. The lowest BCUT2D eigenvalue weighted by atomic mass is 9.78. The van der Waals surface area contributed by atoms with Gasteiger partial charge in [0, 0.05) is 50.3 Å². The van der Waals surface area contributed by atoms with Crippen LogP contribution in [0.4, 0.5) is 13.2 Å². The molecule has 2 heterocycles. The first-order chi connectivity index (χ1) is 18.1. The predicted molar refractivity (Wildman–Crippen MR) is 133 cm³/mol. The van der Waals surface area contributed by atoms with E-state index in [1.54, 1.807) is 30.9 Å². The van der Waals surface area contributed by atoms with E-state index >= 15 is 0 Å². The Labute approximate surface area is 220 Å². The number of nitrogens with one attached hydrogen (secondary N) is 1. The standard InChI is InChI=1S/C27H33F3N4O4/c1-18-4-5-23(35)27(2,26(18)37)33-9-6-24(31-17-33)34(8-3-7-32-10-12-38-13-11-32)25(36)15-19-14-21(29)22(30)16-20(19)28/h4-6,14,16,18,31H,3,7-13,15,17H2,1-2H3. The molecule has 1 aromatic rings. The third-order valence-corrected chi connectivity index (χ3v) is 7.48. The van der Waals surface area contributed by atoms with Crippen LogP contribution < -0.4 is 5.32 Å². The van der Waals surface area contributed by atoms with Crippen LogP contribution in [-0.4, -0.2) is 90.3 Å². The number of ether oxygens (including phenoxy) is 1. The van der Waals surface area contributed by atoms with Crippen LogP contribution in [0.25, 0.3) is 0 Å². The molecule has 2 aliphatic heterocycles. The summed E-state index contributed by atoms with van der Waals surface area (Å²) in [6, 6.07) is 1.14. The second kappa shape index (κ2) is 11.8. The summed E-state index contributed by atoms with van der Waals surface area (Å²) in [5, 5.41) is 3.14. The Morgan fingerprint density at radius 2 is 1.87 bits per heavy atom. The summed E-state index contributed by atoms with van der Waals surface area (Å²) in [6.45, 7) is 7.59. The van der Waals surface area contributed by atoms with Crippen LogP contribution in [0.2, 0.25) is 0 Å². The van der Waals surface area contributed by atoms with E-state index in [0.717, 1.165) is 19.6 Å². The summed E-state index contributed by atoms with van der Waals surface area (Å²) < 4.78 is 46.8. The van der Waals surface area contributed by atoms with Crippen LogP contribution >= 0.6 is 0 Å². The van der Waals surface area contributed by atoms with E-state index in [4.69, 9.17) is 4.74 Å². The minimum atomic E-state index is -1.33. The fraction of sp³-hybridized carbons (Fsp3) is 0.519. The van der Waals surface area contributed by atoms with E-state index in [1.807, 2.05) is 0 Å². The first kappa shape index (κ1) is 28.0. The molecule has 1 aromatic carbocycles. The number of carbonyl (C=O) groups is 3. The summed E-state index contributed by atoms with van der Waals surface area (Å²) in [5.74, 6) is -4.46. The van der Waals surface area contributed by atoms with Gasteiger partial charge >= 0.3 is 0 Å². The van der Waals surface area contributed by atoms with Crippen LogP contribution in [0.1, 0.15) is 25.8 Å². The van der Waals surface area contributed by atoms with Crippen molar-refractivity contribution in [2.45, 2.75) is 32.2 Å². The first-order valence-corrected chi connectivity index (χ1v) is 12.8. The van der Waals surface area contributed by atoms with E-state index in [0.29, 0.717) is 44.1 Å². The molecule has 38 heavy (non-hydrogen) atoms. The predicted octanol–water partition coefficient (Wildman–Crippen LogP) is 2.00. The molecule has 0 aromatic heterocycles. The monoisotopic (exact) mass is 534 g/mol. The summed E-state index contributed by atoms with van der Waals surface area (Å²) in [7, 11) is 0. The summed E-state index contributed by atoms with van der Waals surface area (Å²) in [6.07, 6.45) is 4.90. The van der Waals surface area contributed by atoms with Gasteiger partial charge in [-0.15, -0.1) is 0 Å². The fourth-order valence-electron chi connectivity index (χ4n) is 5.03. The summed E-state index contributed by atoms with van der Waals surface area (Å²) >= 11 is 0. The minimum absolute atomic E-state index is 0.132. The third-order valence-electron chi connectivity index (χ3n) is 7.48. The smallest absolute Gasteiger partial charge is 0.232 e. The zero-order chi connectivity index (χ0) is 27.4. The lowest BCUT2D eigenvalue weighted by Crippen LogP contribution is -2.63. The number of hydrogen-bond donors (Lipinski definition) is 1. The molecule has 1 aliphatic carbocycles. The van der Waals surface area contributed by atoms with E-state index in [9.17, 15) is 27.6 Å². The number of allylic oxidation sites excluding steroid dienone is 1. The molecule has 0 radical (unpaired) electrons. The SMILES string of the molecule is CC1C=CC(=O)C(C)(N2CC=C(N(CCCN3CCOCC3)C(=O)Cc3cc(F)c(F)cc3F)NC2)C1=O. The van der Waals surface area contributed by atoms with E-state index in [2.05, 4.69) is 10.2 Å². The Kier molecular flexibility index (Phi) is 8.69. The van der Waals surface area contributed by atoms with Crippen LogP contribution in [0.3, 0.4) is 0 Å². The van der Waals surface area contributed by atoms with Gasteiger partial charge in [0.15, 0.2) is 23.2 Å². The number of halogens is 3. The van der Waals surface area contributed by atoms with Gasteiger partial charge < -0.3 is 10.1 Å². The molecule has 1 fully saturated rings. The Morgan fingerprint density at radius 3 is 2.55 bits per heavy atom. The Hall–Kier alpha value is -3.02. The van der Waals surface area contributed by atoms with E-state index in [-0.39, 0.29) is 30.3 Å². The van der Waals surface area contributed by atoms with Gasteiger partial charge in [-0.25, -0.2) is 13.2 Å². The average Bonchev–Trinajstić information content (AvgIpc) is 2.91. The van der Waals surface area contributed by atoms with Crippen molar-refractivity contribution in [1.82, 2.24) is 20.0 Å². The third kappa shape index (κ3) is 5.84. The molecule has 4 rings (SSSR count). The van der Waals surface area contributed by atoms with Crippen molar-refractivity contribution >= 4 is 17.5 Å².